The number of aromatic nitrogens is 2. The number of nitrogens with one attached hydrogen (secondary N) is 1. The SMILES string of the molecule is Cc1cc(C)c(NS(=O)(=O)c2c(C)nn(C)c2C)c(Cl)c1. The lowest BCUT2D eigenvalue weighted by molar-refractivity contribution is 0.599. The maximum absolute atomic E-state index is 12.6. The monoisotopic (exact) mass is 327 g/mol. The van der Waals surface area contributed by atoms with E-state index in [0.717, 1.165) is 11.1 Å². The quantitative estimate of drug-likeness (QED) is 0.942. The second-order valence-electron chi connectivity index (χ2n) is 5.17. The first-order valence-corrected chi connectivity index (χ1v) is 8.29. The number of hydrogen-bond donors (Lipinski definition) is 1. The normalized spacial score (nSPS) is 11.7. The second-order valence-corrected chi connectivity index (χ2v) is 7.19. The lowest BCUT2D eigenvalue weighted by Gasteiger charge is -2.13. The van der Waals surface area contributed by atoms with Gasteiger partial charge in [0.2, 0.25) is 0 Å². The van der Waals surface area contributed by atoms with E-state index in [1.807, 2.05) is 19.9 Å². The summed E-state index contributed by atoms with van der Waals surface area (Å²) in [5.74, 6) is 0. The highest BCUT2D eigenvalue weighted by molar-refractivity contribution is 7.92. The number of nitrogens with zero attached hydrogens (tertiary/aromatic N) is 2. The van der Waals surface area contributed by atoms with Gasteiger partial charge in [-0.3, -0.25) is 9.40 Å². The van der Waals surface area contributed by atoms with Gasteiger partial charge in [0.25, 0.3) is 10.0 Å². The molecule has 1 aromatic carbocycles. The Morgan fingerprint density at radius 2 is 1.81 bits per heavy atom. The zero-order valence-corrected chi connectivity index (χ0v) is 14.2. The molecule has 0 amide bonds. The number of aryl methyl sites for hydroxylation is 4. The molecule has 0 aliphatic rings. The van der Waals surface area contributed by atoms with Crippen molar-refractivity contribution in [2.45, 2.75) is 32.6 Å². The predicted molar refractivity (Wildman–Crippen MR) is 84.4 cm³/mol. The summed E-state index contributed by atoms with van der Waals surface area (Å²) in [5, 5.41) is 4.53. The molecule has 0 saturated carbocycles. The zero-order chi connectivity index (χ0) is 15.9. The van der Waals surface area contributed by atoms with Crippen molar-refractivity contribution in [2.75, 3.05) is 4.72 Å². The highest BCUT2D eigenvalue weighted by Gasteiger charge is 2.25. The van der Waals surface area contributed by atoms with E-state index < -0.39 is 10.0 Å². The second kappa shape index (κ2) is 5.35. The summed E-state index contributed by atoms with van der Waals surface area (Å²) in [6.45, 7) is 7.12. The van der Waals surface area contributed by atoms with Crippen LogP contribution in [-0.4, -0.2) is 18.2 Å². The van der Waals surface area contributed by atoms with E-state index in [4.69, 9.17) is 11.6 Å². The van der Waals surface area contributed by atoms with Crippen LogP contribution >= 0.6 is 11.6 Å². The van der Waals surface area contributed by atoms with Gasteiger partial charge in [0.15, 0.2) is 0 Å². The number of hydrogen-bond acceptors (Lipinski definition) is 3. The molecule has 0 unspecified atom stereocenters. The van der Waals surface area contributed by atoms with Gasteiger partial charge in [0, 0.05) is 7.05 Å². The maximum Gasteiger partial charge on any atom is 0.265 e. The minimum absolute atomic E-state index is 0.195. The van der Waals surface area contributed by atoms with E-state index in [-0.39, 0.29) is 4.90 Å². The van der Waals surface area contributed by atoms with Gasteiger partial charge in [-0.1, -0.05) is 17.7 Å². The molecule has 0 atom stereocenters. The van der Waals surface area contributed by atoms with Crippen LogP contribution in [0.2, 0.25) is 5.02 Å². The Hall–Kier alpha value is -1.53. The topological polar surface area (TPSA) is 64.0 Å². The average molecular weight is 328 g/mol. The smallest absolute Gasteiger partial charge is 0.265 e. The van der Waals surface area contributed by atoms with Crippen molar-refractivity contribution < 1.29 is 8.42 Å². The highest BCUT2D eigenvalue weighted by Crippen LogP contribution is 2.30. The molecule has 1 aromatic heterocycles. The summed E-state index contributed by atoms with van der Waals surface area (Å²) in [4.78, 5) is 0.195. The Kier molecular flexibility index (Phi) is 4.04. The Labute approximate surface area is 130 Å². The third kappa shape index (κ3) is 2.91. The van der Waals surface area contributed by atoms with Gasteiger partial charge in [-0.2, -0.15) is 5.10 Å². The van der Waals surface area contributed by atoms with Crippen molar-refractivity contribution in [3.05, 3.63) is 39.7 Å². The van der Waals surface area contributed by atoms with Gasteiger partial charge in [0.1, 0.15) is 4.90 Å². The molecule has 21 heavy (non-hydrogen) atoms. The molecule has 0 spiro atoms. The number of sulfonamides is 1. The molecule has 1 heterocycles. The van der Waals surface area contributed by atoms with Crippen LogP contribution in [-0.2, 0) is 17.1 Å². The zero-order valence-electron chi connectivity index (χ0n) is 12.7. The minimum Gasteiger partial charge on any atom is -0.278 e. The van der Waals surface area contributed by atoms with Gasteiger partial charge in [-0.15, -0.1) is 0 Å². The van der Waals surface area contributed by atoms with Crippen LogP contribution < -0.4 is 4.72 Å². The number of halogens is 1. The Morgan fingerprint density at radius 3 is 2.29 bits per heavy atom. The lowest BCUT2D eigenvalue weighted by atomic mass is 10.1. The highest BCUT2D eigenvalue weighted by atomic mass is 35.5. The van der Waals surface area contributed by atoms with E-state index in [2.05, 4.69) is 9.82 Å². The van der Waals surface area contributed by atoms with Gasteiger partial charge < -0.3 is 0 Å². The lowest BCUT2D eigenvalue weighted by Crippen LogP contribution is -2.16. The molecule has 0 aliphatic carbocycles. The van der Waals surface area contributed by atoms with Crippen molar-refractivity contribution in [3.63, 3.8) is 0 Å². The molecular formula is C14H18ClN3O2S. The molecule has 0 radical (unpaired) electrons. The average Bonchev–Trinajstić information content (AvgIpc) is 2.58. The van der Waals surface area contributed by atoms with Gasteiger partial charge in [-0.05, 0) is 44.9 Å². The standard InChI is InChI=1S/C14H18ClN3O2S/c1-8-6-9(2)13(12(15)7-8)17-21(19,20)14-10(3)16-18(5)11(14)4/h6-7,17H,1-5H3. The van der Waals surface area contributed by atoms with Crippen molar-refractivity contribution in [1.82, 2.24) is 9.78 Å². The Balaban J connectivity index is 2.53. The first-order chi connectivity index (χ1) is 9.63. The molecule has 0 aliphatic heterocycles. The van der Waals surface area contributed by atoms with E-state index >= 15 is 0 Å². The van der Waals surface area contributed by atoms with Crippen LogP contribution in [0.3, 0.4) is 0 Å². The van der Waals surface area contributed by atoms with Crippen LogP contribution in [0.15, 0.2) is 17.0 Å². The molecular weight excluding hydrogens is 310 g/mol. The summed E-state index contributed by atoms with van der Waals surface area (Å²) < 4.78 is 29.4. The fourth-order valence-corrected chi connectivity index (χ4v) is 4.39. The van der Waals surface area contributed by atoms with Crippen LogP contribution in [0.4, 0.5) is 5.69 Å². The largest absolute Gasteiger partial charge is 0.278 e. The van der Waals surface area contributed by atoms with E-state index in [1.54, 1.807) is 31.6 Å². The first kappa shape index (κ1) is 15.9. The van der Waals surface area contributed by atoms with Crippen LogP contribution in [0, 0.1) is 27.7 Å². The summed E-state index contributed by atoms with van der Waals surface area (Å²) in [7, 11) is -2.02. The van der Waals surface area contributed by atoms with E-state index in [9.17, 15) is 8.42 Å². The molecule has 0 fully saturated rings. The molecule has 114 valence electrons. The minimum atomic E-state index is -3.73. The summed E-state index contributed by atoms with van der Waals surface area (Å²) in [6, 6.07) is 3.61. The van der Waals surface area contributed by atoms with Crippen LogP contribution in [0.5, 0.6) is 0 Å². The Morgan fingerprint density at radius 1 is 1.19 bits per heavy atom. The molecule has 2 aromatic rings. The van der Waals surface area contributed by atoms with E-state index in [0.29, 0.717) is 22.1 Å². The van der Waals surface area contributed by atoms with Crippen molar-refractivity contribution >= 4 is 27.3 Å². The fourth-order valence-electron chi connectivity index (χ4n) is 2.37. The Bertz CT molecular complexity index is 787. The third-order valence-electron chi connectivity index (χ3n) is 3.38. The number of benzene rings is 1. The summed E-state index contributed by atoms with van der Waals surface area (Å²) in [6.07, 6.45) is 0. The first-order valence-electron chi connectivity index (χ1n) is 6.43. The van der Waals surface area contributed by atoms with Gasteiger partial charge in [-0.25, -0.2) is 8.42 Å². The molecule has 0 bridgehead atoms. The van der Waals surface area contributed by atoms with E-state index in [1.165, 1.54) is 0 Å². The molecule has 5 nitrogen and oxygen atoms in total. The fraction of sp³-hybridized carbons (Fsp3) is 0.357. The van der Waals surface area contributed by atoms with Crippen LogP contribution in [0.1, 0.15) is 22.5 Å². The van der Waals surface area contributed by atoms with Crippen molar-refractivity contribution in [2.24, 2.45) is 7.05 Å². The van der Waals surface area contributed by atoms with Crippen LogP contribution in [0.25, 0.3) is 0 Å². The maximum atomic E-state index is 12.6. The molecule has 0 saturated heterocycles. The number of anilines is 1. The summed E-state index contributed by atoms with van der Waals surface area (Å²) >= 11 is 6.17. The van der Waals surface area contributed by atoms with Gasteiger partial charge >= 0.3 is 0 Å². The third-order valence-corrected chi connectivity index (χ3v) is 5.28. The predicted octanol–water partition coefficient (Wildman–Crippen LogP) is 3.11. The van der Waals surface area contributed by atoms with Crippen molar-refractivity contribution in [3.8, 4) is 0 Å². The van der Waals surface area contributed by atoms with Crippen molar-refractivity contribution in [1.29, 1.82) is 0 Å². The molecule has 2 rings (SSSR count). The molecule has 7 heteroatoms. The van der Waals surface area contributed by atoms with Gasteiger partial charge in [0.05, 0.1) is 22.1 Å². The molecule has 1 N–H and O–H groups in total. The number of rotatable bonds is 3. The summed E-state index contributed by atoms with van der Waals surface area (Å²) in [5.41, 5.74) is 3.21.